The number of nitrogens with zero attached hydrogens (tertiary/aromatic N) is 3. The molecule has 2 aliphatic rings. The van der Waals surface area contributed by atoms with Crippen LogP contribution in [0.25, 0.3) is 34.0 Å². The topological polar surface area (TPSA) is 68.5 Å². The predicted molar refractivity (Wildman–Crippen MR) is 147 cm³/mol. The number of hydrogen-bond donors (Lipinski definition) is 0. The Bertz CT molecular complexity index is 1480. The fourth-order valence-corrected chi connectivity index (χ4v) is 5.48. The van der Waals surface area contributed by atoms with E-state index in [4.69, 9.17) is 14.2 Å². The third kappa shape index (κ3) is 4.88. The molecule has 6 heteroatoms. The first-order chi connectivity index (χ1) is 18.2. The molecule has 3 aromatic carbocycles. The number of carbonyl (C=O) groups is 1. The number of carbonyl (C=O) groups excluding carboxylic acids is 1. The lowest BCUT2D eigenvalue weighted by Crippen LogP contribution is -2.46. The van der Waals surface area contributed by atoms with E-state index < -0.39 is 5.60 Å². The Balaban J connectivity index is 1.12. The van der Waals surface area contributed by atoms with Crippen LogP contribution in [0.2, 0.25) is 0 Å². The van der Waals surface area contributed by atoms with E-state index in [1.54, 1.807) is 0 Å². The highest BCUT2D eigenvalue weighted by Crippen LogP contribution is 2.39. The van der Waals surface area contributed by atoms with Crippen LogP contribution in [0.3, 0.4) is 0 Å². The van der Waals surface area contributed by atoms with Crippen LogP contribution in [0.5, 0.6) is 0 Å². The van der Waals surface area contributed by atoms with E-state index in [2.05, 4.69) is 71.6 Å². The molecule has 0 bridgehead atoms. The van der Waals surface area contributed by atoms with Crippen molar-refractivity contribution in [2.24, 2.45) is 5.92 Å². The second-order valence-electron chi connectivity index (χ2n) is 11.6. The number of esters is 1. The van der Waals surface area contributed by atoms with Crippen LogP contribution < -0.4 is 0 Å². The van der Waals surface area contributed by atoms with E-state index >= 15 is 0 Å². The molecule has 6 rings (SSSR count). The summed E-state index contributed by atoms with van der Waals surface area (Å²) in [6.07, 6.45) is 1.73. The number of ether oxygens (including phenoxy) is 1. The van der Waals surface area contributed by atoms with Crippen molar-refractivity contribution in [2.75, 3.05) is 0 Å². The average Bonchev–Trinajstić information content (AvgIpc) is 3.49. The summed E-state index contributed by atoms with van der Waals surface area (Å²) in [7, 11) is 0. The van der Waals surface area contributed by atoms with Gasteiger partial charge in [-0.15, -0.1) is 0 Å². The molecule has 0 amide bonds. The van der Waals surface area contributed by atoms with Gasteiger partial charge in [0.05, 0.1) is 5.92 Å². The van der Waals surface area contributed by atoms with Crippen LogP contribution in [0.4, 0.5) is 0 Å². The Hall–Kier alpha value is -3.77. The van der Waals surface area contributed by atoms with E-state index in [9.17, 15) is 4.79 Å². The van der Waals surface area contributed by atoms with Gasteiger partial charge in [-0.1, -0.05) is 53.7 Å². The highest BCUT2D eigenvalue weighted by Gasteiger charge is 2.41. The van der Waals surface area contributed by atoms with Gasteiger partial charge in [0.25, 0.3) is 5.89 Å². The number of rotatable bonds is 5. The van der Waals surface area contributed by atoms with Gasteiger partial charge in [0, 0.05) is 30.3 Å². The lowest BCUT2D eigenvalue weighted by Gasteiger charge is -2.40. The summed E-state index contributed by atoms with van der Waals surface area (Å²) in [5, 5.41) is 4.29. The molecule has 4 aromatic rings. The first kappa shape index (κ1) is 24.6. The molecular formula is C32H33N3O3. The molecular weight excluding hydrogens is 474 g/mol. The maximum Gasteiger partial charge on any atom is 0.309 e. The molecule has 1 aliphatic carbocycles. The molecule has 194 valence electrons. The van der Waals surface area contributed by atoms with Crippen molar-refractivity contribution in [2.45, 2.75) is 65.3 Å². The van der Waals surface area contributed by atoms with Gasteiger partial charge < -0.3 is 9.26 Å². The average molecular weight is 508 g/mol. The van der Waals surface area contributed by atoms with Crippen molar-refractivity contribution in [3.05, 3.63) is 83.4 Å². The number of hydrogen-bond acceptors (Lipinski definition) is 6. The Kier molecular flexibility index (Phi) is 6.15. The van der Waals surface area contributed by atoms with Crippen molar-refractivity contribution in [3.8, 4) is 34.0 Å². The van der Waals surface area contributed by atoms with Crippen LogP contribution in [0.15, 0.2) is 71.3 Å². The van der Waals surface area contributed by atoms with Crippen LogP contribution >= 0.6 is 0 Å². The molecule has 1 aliphatic heterocycles. The molecule has 2 heterocycles. The van der Waals surface area contributed by atoms with E-state index in [1.807, 2.05) is 32.9 Å². The van der Waals surface area contributed by atoms with E-state index in [0.717, 1.165) is 42.6 Å². The Morgan fingerprint density at radius 1 is 0.921 bits per heavy atom. The molecule has 0 unspecified atom stereocenters. The molecule has 1 saturated carbocycles. The molecule has 0 atom stereocenters. The third-order valence-electron chi connectivity index (χ3n) is 7.57. The summed E-state index contributed by atoms with van der Waals surface area (Å²) in [5.41, 5.74) is 7.61. The summed E-state index contributed by atoms with van der Waals surface area (Å²) in [6, 6.07) is 23.5. The molecule has 0 radical (unpaired) electrons. The normalized spacial score (nSPS) is 19.2. The lowest BCUT2D eigenvalue weighted by atomic mass is 9.79. The van der Waals surface area contributed by atoms with Crippen molar-refractivity contribution >= 4 is 5.97 Å². The maximum absolute atomic E-state index is 12.4. The first-order valence-corrected chi connectivity index (χ1v) is 13.3. The van der Waals surface area contributed by atoms with Crippen molar-refractivity contribution in [1.82, 2.24) is 15.0 Å². The second-order valence-corrected chi connectivity index (χ2v) is 11.6. The van der Waals surface area contributed by atoms with Gasteiger partial charge in [-0.05, 0) is 86.6 Å². The van der Waals surface area contributed by atoms with Crippen LogP contribution in [0.1, 0.15) is 50.3 Å². The number of aryl methyl sites for hydroxylation is 1. The van der Waals surface area contributed by atoms with Crippen LogP contribution in [-0.2, 0) is 22.6 Å². The van der Waals surface area contributed by atoms with Crippen molar-refractivity contribution in [3.63, 3.8) is 0 Å². The fraction of sp³-hybridized carbons (Fsp3) is 0.344. The standard InChI is InChI=1S/C32H33N3O3/c1-20-14-23(12-13-28(20)21-8-6-5-7-9-21)30-33-29(34-38-30)22-10-11-24-18-35(19-26(24)15-22)27-16-25(17-27)31(36)37-32(2,3)4/h5-15,25,27H,16-19H2,1-4H3. The summed E-state index contributed by atoms with van der Waals surface area (Å²) in [4.78, 5) is 19.5. The first-order valence-electron chi connectivity index (χ1n) is 13.3. The highest BCUT2D eigenvalue weighted by atomic mass is 16.6. The van der Waals surface area contributed by atoms with Gasteiger partial charge in [-0.2, -0.15) is 4.98 Å². The molecule has 1 fully saturated rings. The largest absolute Gasteiger partial charge is 0.460 e. The van der Waals surface area contributed by atoms with E-state index in [0.29, 0.717) is 17.8 Å². The highest BCUT2D eigenvalue weighted by molar-refractivity contribution is 5.74. The molecule has 0 N–H and O–H groups in total. The minimum absolute atomic E-state index is 0.0154. The Labute approximate surface area is 223 Å². The second kappa shape index (κ2) is 9.52. The zero-order valence-corrected chi connectivity index (χ0v) is 22.4. The SMILES string of the molecule is Cc1cc(-c2nc(-c3ccc4c(c3)CN(C3CC(C(=O)OC(C)(C)C)C3)C4)no2)ccc1-c1ccccc1. The van der Waals surface area contributed by atoms with Gasteiger partial charge >= 0.3 is 5.97 Å². The lowest BCUT2D eigenvalue weighted by molar-refractivity contribution is -0.165. The number of aromatic nitrogens is 2. The number of benzene rings is 3. The third-order valence-corrected chi connectivity index (χ3v) is 7.57. The van der Waals surface area contributed by atoms with Gasteiger partial charge in [0.1, 0.15) is 5.60 Å². The van der Waals surface area contributed by atoms with Crippen molar-refractivity contribution < 1.29 is 14.1 Å². The van der Waals surface area contributed by atoms with E-state index in [-0.39, 0.29) is 11.9 Å². The fourth-order valence-electron chi connectivity index (χ4n) is 5.48. The molecule has 38 heavy (non-hydrogen) atoms. The van der Waals surface area contributed by atoms with Crippen LogP contribution in [0, 0.1) is 12.8 Å². The Morgan fingerprint density at radius 3 is 2.39 bits per heavy atom. The summed E-state index contributed by atoms with van der Waals surface area (Å²) >= 11 is 0. The van der Waals surface area contributed by atoms with Crippen LogP contribution in [-0.4, -0.2) is 32.7 Å². The smallest absolute Gasteiger partial charge is 0.309 e. The van der Waals surface area contributed by atoms with Gasteiger partial charge in [-0.25, -0.2) is 0 Å². The summed E-state index contributed by atoms with van der Waals surface area (Å²) < 4.78 is 11.2. The van der Waals surface area contributed by atoms with Gasteiger partial charge in [0.15, 0.2) is 0 Å². The summed E-state index contributed by atoms with van der Waals surface area (Å²) in [5.74, 6) is 1.07. The van der Waals surface area contributed by atoms with E-state index in [1.165, 1.54) is 22.3 Å². The quantitative estimate of drug-likeness (QED) is 0.276. The molecule has 0 saturated heterocycles. The molecule has 0 spiro atoms. The van der Waals surface area contributed by atoms with Gasteiger partial charge in [0.2, 0.25) is 5.82 Å². The Morgan fingerprint density at radius 2 is 1.66 bits per heavy atom. The minimum atomic E-state index is -0.429. The monoisotopic (exact) mass is 507 g/mol. The number of fused-ring (bicyclic) bond motifs is 1. The maximum atomic E-state index is 12.4. The zero-order chi connectivity index (χ0) is 26.4. The van der Waals surface area contributed by atoms with Crippen molar-refractivity contribution in [1.29, 1.82) is 0 Å². The summed E-state index contributed by atoms with van der Waals surface area (Å²) in [6.45, 7) is 9.65. The zero-order valence-electron chi connectivity index (χ0n) is 22.4. The van der Waals surface area contributed by atoms with Gasteiger partial charge in [-0.3, -0.25) is 9.69 Å². The predicted octanol–water partition coefficient (Wildman–Crippen LogP) is 6.81. The molecule has 6 nitrogen and oxygen atoms in total. The minimum Gasteiger partial charge on any atom is -0.460 e. The molecule has 1 aromatic heterocycles.